The molecule has 0 atom stereocenters. The van der Waals surface area contributed by atoms with Crippen LogP contribution in [0.15, 0.2) is 12.1 Å². The quantitative estimate of drug-likeness (QED) is 0.447. The first-order valence-electron chi connectivity index (χ1n) is 5.72. The standard InChI is InChI=1S/C11H15ClN4OS/c12-9-5-7(6-10(15-9)16-13)11(17)14-8-1-3-18-4-2-8/h5-6,8H,1-4,13H2,(H,14,17)(H,15,16). The van der Waals surface area contributed by atoms with Crippen molar-refractivity contribution in [1.29, 1.82) is 0 Å². The zero-order chi connectivity index (χ0) is 13.0. The Bertz CT molecular complexity index is 437. The van der Waals surface area contributed by atoms with Crippen LogP contribution in [-0.4, -0.2) is 28.4 Å². The smallest absolute Gasteiger partial charge is 0.251 e. The van der Waals surface area contributed by atoms with Crippen LogP contribution in [0.25, 0.3) is 0 Å². The Kier molecular flexibility index (Phi) is 4.68. The highest BCUT2D eigenvalue weighted by Crippen LogP contribution is 2.18. The highest BCUT2D eigenvalue weighted by molar-refractivity contribution is 7.99. The van der Waals surface area contributed by atoms with E-state index in [0.717, 1.165) is 24.3 Å². The lowest BCUT2D eigenvalue weighted by Crippen LogP contribution is -2.37. The van der Waals surface area contributed by atoms with E-state index in [0.29, 0.717) is 11.4 Å². The van der Waals surface area contributed by atoms with Gasteiger partial charge in [-0.2, -0.15) is 11.8 Å². The molecular weight excluding hydrogens is 272 g/mol. The summed E-state index contributed by atoms with van der Waals surface area (Å²) in [4.78, 5) is 16.0. The molecule has 4 N–H and O–H groups in total. The molecule has 0 aromatic carbocycles. The summed E-state index contributed by atoms with van der Waals surface area (Å²) >= 11 is 7.75. The Labute approximate surface area is 115 Å². The number of carbonyl (C=O) groups excluding carboxylic acids is 1. The van der Waals surface area contributed by atoms with Gasteiger partial charge in [0.2, 0.25) is 0 Å². The lowest BCUT2D eigenvalue weighted by atomic mass is 10.1. The fourth-order valence-corrected chi connectivity index (χ4v) is 3.13. The average molecular weight is 287 g/mol. The summed E-state index contributed by atoms with van der Waals surface area (Å²) in [7, 11) is 0. The molecule has 1 aliphatic rings. The van der Waals surface area contributed by atoms with Crippen molar-refractivity contribution in [2.24, 2.45) is 5.84 Å². The lowest BCUT2D eigenvalue weighted by molar-refractivity contribution is 0.0935. The van der Waals surface area contributed by atoms with Gasteiger partial charge in [0, 0.05) is 11.6 Å². The van der Waals surface area contributed by atoms with Gasteiger partial charge in [0.1, 0.15) is 11.0 Å². The molecule has 0 bridgehead atoms. The number of nitrogens with zero attached hydrogens (tertiary/aromatic N) is 1. The number of nitrogens with two attached hydrogens (primary N) is 1. The molecule has 2 rings (SSSR count). The predicted octanol–water partition coefficient (Wildman–Crippen LogP) is 1.65. The average Bonchev–Trinajstić information content (AvgIpc) is 2.39. The Balaban J connectivity index is 2.05. The van der Waals surface area contributed by atoms with Gasteiger partial charge in [-0.25, -0.2) is 10.8 Å². The number of nitrogens with one attached hydrogen (secondary N) is 2. The molecule has 1 saturated heterocycles. The number of rotatable bonds is 3. The molecule has 1 aliphatic heterocycles. The second-order valence-electron chi connectivity index (χ2n) is 4.07. The number of hydrazine groups is 1. The first kappa shape index (κ1) is 13.5. The van der Waals surface area contributed by atoms with Crippen molar-refractivity contribution < 1.29 is 4.79 Å². The molecule has 1 aromatic rings. The van der Waals surface area contributed by atoms with E-state index in [4.69, 9.17) is 17.4 Å². The summed E-state index contributed by atoms with van der Waals surface area (Å²) in [5, 5.41) is 3.25. The molecule has 2 heterocycles. The topological polar surface area (TPSA) is 80.0 Å². The van der Waals surface area contributed by atoms with E-state index in [2.05, 4.69) is 15.7 Å². The number of halogens is 1. The summed E-state index contributed by atoms with van der Waals surface area (Å²) in [5.74, 6) is 7.71. The minimum absolute atomic E-state index is 0.132. The van der Waals surface area contributed by atoms with E-state index in [9.17, 15) is 4.79 Å². The van der Waals surface area contributed by atoms with Gasteiger partial charge in [0.15, 0.2) is 0 Å². The third kappa shape index (κ3) is 3.51. The highest BCUT2D eigenvalue weighted by Gasteiger charge is 2.17. The molecular formula is C11H15ClN4OS. The van der Waals surface area contributed by atoms with Crippen LogP contribution in [0.4, 0.5) is 5.82 Å². The number of aromatic nitrogens is 1. The van der Waals surface area contributed by atoms with E-state index in [1.54, 1.807) is 6.07 Å². The molecule has 98 valence electrons. The highest BCUT2D eigenvalue weighted by atomic mass is 35.5. The van der Waals surface area contributed by atoms with Gasteiger partial charge >= 0.3 is 0 Å². The number of hydrogen-bond donors (Lipinski definition) is 3. The van der Waals surface area contributed by atoms with Gasteiger partial charge in [-0.05, 0) is 36.5 Å². The second kappa shape index (κ2) is 6.26. The monoisotopic (exact) mass is 286 g/mol. The molecule has 0 aliphatic carbocycles. The first-order chi connectivity index (χ1) is 8.69. The van der Waals surface area contributed by atoms with Crippen LogP contribution < -0.4 is 16.6 Å². The van der Waals surface area contributed by atoms with Crippen LogP contribution in [0, 0.1) is 0 Å². The van der Waals surface area contributed by atoms with Crippen LogP contribution in [0.1, 0.15) is 23.2 Å². The minimum Gasteiger partial charge on any atom is -0.349 e. The van der Waals surface area contributed by atoms with Crippen molar-refractivity contribution in [3.8, 4) is 0 Å². The first-order valence-corrected chi connectivity index (χ1v) is 7.25. The largest absolute Gasteiger partial charge is 0.349 e. The van der Waals surface area contributed by atoms with Crippen molar-refractivity contribution >= 4 is 35.1 Å². The van der Waals surface area contributed by atoms with Crippen LogP contribution >= 0.6 is 23.4 Å². The van der Waals surface area contributed by atoms with E-state index in [1.807, 2.05) is 11.8 Å². The normalized spacial score (nSPS) is 16.3. The van der Waals surface area contributed by atoms with Gasteiger partial charge in [-0.3, -0.25) is 4.79 Å². The number of amides is 1. The van der Waals surface area contributed by atoms with E-state index < -0.39 is 0 Å². The Hall–Kier alpha value is -0.980. The van der Waals surface area contributed by atoms with Gasteiger partial charge in [-0.1, -0.05) is 11.6 Å². The van der Waals surface area contributed by atoms with Crippen molar-refractivity contribution in [2.45, 2.75) is 18.9 Å². The number of nitrogen functional groups attached to an aromatic ring is 1. The van der Waals surface area contributed by atoms with Crippen LogP contribution in [0.5, 0.6) is 0 Å². The summed E-state index contributed by atoms with van der Waals surface area (Å²) in [6.45, 7) is 0. The van der Waals surface area contributed by atoms with Crippen LogP contribution in [-0.2, 0) is 0 Å². The van der Waals surface area contributed by atoms with E-state index in [-0.39, 0.29) is 17.1 Å². The third-order valence-electron chi connectivity index (χ3n) is 2.76. The summed E-state index contributed by atoms with van der Waals surface area (Å²) < 4.78 is 0. The number of thioether (sulfide) groups is 1. The molecule has 7 heteroatoms. The van der Waals surface area contributed by atoms with Gasteiger partial charge in [0.05, 0.1) is 0 Å². The van der Waals surface area contributed by atoms with E-state index >= 15 is 0 Å². The van der Waals surface area contributed by atoms with Crippen LogP contribution in [0.3, 0.4) is 0 Å². The predicted molar refractivity (Wildman–Crippen MR) is 74.9 cm³/mol. The molecule has 0 saturated carbocycles. The van der Waals surface area contributed by atoms with Crippen molar-refractivity contribution in [3.05, 3.63) is 22.8 Å². The zero-order valence-electron chi connectivity index (χ0n) is 9.78. The van der Waals surface area contributed by atoms with Gasteiger partial charge in [0.25, 0.3) is 5.91 Å². The Morgan fingerprint density at radius 1 is 1.44 bits per heavy atom. The fraction of sp³-hybridized carbons (Fsp3) is 0.455. The maximum absolute atomic E-state index is 12.1. The molecule has 18 heavy (non-hydrogen) atoms. The van der Waals surface area contributed by atoms with Crippen molar-refractivity contribution in [2.75, 3.05) is 16.9 Å². The number of hydrogen-bond acceptors (Lipinski definition) is 5. The molecule has 0 unspecified atom stereocenters. The third-order valence-corrected chi connectivity index (χ3v) is 4.00. The summed E-state index contributed by atoms with van der Waals surface area (Å²) in [6.07, 6.45) is 2.02. The van der Waals surface area contributed by atoms with E-state index in [1.165, 1.54) is 6.07 Å². The molecule has 0 radical (unpaired) electrons. The molecule has 1 fully saturated rings. The second-order valence-corrected chi connectivity index (χ2v) is 5.68. The minimum atomic E-state index is -0.132. The molecule has 5 nitrogen and oxygen atoms in total. The Morgan fingerprint density at radius 2 is 2.17 bits per heavy atom. The van der Waals surface area contributed by atoms with Crippen molar-refractivity contribution in [1.82, 2.24) is 10.3 Å². The van der Waals surface area contributed by atoms with Crippen molar-refractivity contribution in [3.63, 3.8) is 0 Å². The maximum Gasteiger partial charge on any atom is 0.251 e. The molecule has 1 aromatic heterocycles. The SMILES string of the molecule is NNc1cc(C(=O)NC2CCSCC2)cc(Cl)n1. The molecule has 1 amide bonds. The number of anilines is 1. The van der Waals surface area contributed by atoms with Gasteiger partial charge in [-0.15, -0.1) is 0 Å². The summed E-state index contributed by atoms with van der Waals surface area (Å²) in [6, 6.07) is 3.37. The van der Waals surface area contributed by atoms with Gasteiger partial charge < -0.3 is 10.7 Å². The zero-order valence-corrected chi connectivity index (χ0v) is 11.4. The molecule has 0 spiro atoms. The lowest BCUT2D eigenvalue weighted by Gasteiger charge is -2.22. The summed E-state index contributed by atoms with van der Waals surface area (Å²) in [5.41, 5.74) is 2.86. The fourth-order valence-electron chi connectivity index (χ4n) is 1.81. The number of carbonyl (C=O) groups is 1. The number of pyridine rings is 1. The Morgan fingerprint density at radius 3 is 2.83 bits per heavy atom. The van der Waals surface area contributed by atoms with Crippen LogP contribution in [0.2, 0.25) is 5.15 Å². The maximum atomic E-state index is 12.1.